The zero-order valence-electron chi connectivity index (χ0n) is 12.0. The van der Waals surface area contributed by atoms with Crippen LogP contribution in [-0.2, 0) is 6.61 Å². The average molecular weight is 285 g/mol. The fraction of sp³-hybridized carbons (Fsp3) is 0.353. The zero-order valence-corrected chi connectivity index (χ0v) is 12.0. The highest BCUT2D eigenvalue weighted by Gasteiger charge is 2.38. The third-order valence-electron chi connectivity index (χ3n) is 4.01. The van der Waals surface area contributed by atoms with Crippen molar-refractivity contribution in [2.24, 2.45) is 5.92 Å². The topological polar surface area (TPSA) is 62.5 Å². The molecule has 2 N–H and O–H groups in total. The molecule has 1 aromatic heterocycles. The van der Waals surface area contributed by atoms with Gasteiger partial charge in [0.1, 0.15) is 12.4 Å². The van der Waals surface area contributed by atoms with Crippen molar-refractivity contribution >= 4 is 5.91 Å². The number of hydrogen-bond acceptors (Lipinski definition) is 3. The lowest BCUT2D eigenvalue weighted by Gasteiger charge is -2.04. The number of carbonyl (C=O) groups excluding carboxylic acids is 1. The van der Waals surface area contributed by atoms with Crippen molar-refractivity contribution < 1.29 is 14.3 Å². The van der Waals surface area contributed by atoms with E-state index >= 15 is 0 Å². The third-order valence-corrected chi connectivity index (χ3v) is 4.01. The van der Waals surface area contributed by atoms with Crippen LogP contribution in [0.15, 0.2) is 40.8 Å². The van der Waals surface area contributed by atoms with E-state index in [-0.39, 0.29) is 12.5 Å². The summed E-state index contributed by atoms with van der Waals surface area (Å²) in [7, 11) is 0. The van der Waals surface area contributed by atoms with E-state index in [0.717, 1.165) is 12.0 Å². The Bertz CT molecular complexity index is 633. The third kappa shape index (κ3) is 3.00. The molecule has 1 aliphatic rings. The number of aliphatic hydroxyl groups excluding tert-OH is 1. The van der Waals surface area contributed by atoms with E-state index in [9.17, 15) is 4.79 Å². The van der Waals surface area contributed by atoms with Crippen LogP contribution < -0.4 is 5.32 Å². The summed E-state index contributed by atoms with van der Waals surface area (Å²) in [4.78, 5) is 12.1. The molecule has 0 radical (unpaired) electrons. The molecular formula is C17H19NO3. The predicted octanol–water partition coefficient (Wildman–Crippen LogP) is 2.61. The molecule has 0 unspecified atom stereocenters. The number of aryl methyl sites for hydroxylation is 1. The van der Waals surface area contributed by atoms with Gasteiger partial charge in [0.25, 0.3) is 5.91 Å². The van der Waals surface area contributed by atoms with Gasteiger partial charge in [0.2, 0.25) is 0 Å². The van der Waals surface area contributed by atoms with Crippen LogP contribution in [0.3, 0.4) is 0 Å². The lowest BCUT2D eigenvalue weighted by molar-refractivity contribution is 0.0918. The van der Waals surface area contributed by atoms with Crippen molar-refractivity contribution in [3.63, 3.8) is 0 Å². The minimum atomic E-state index is -0.203. The number of rotatable bonds is 5. The molecular weight excluding hydrogens is 266 g/mol. The van der Waals surface area contributed by atoms with Gasteiger partial charge < -0.3 is 14.8 Å². The molecule has 1 fully saturated rings. The Morgan fingerprint density at radius 2 is 2.14 bits per heavy atom. The van der Waals surface area contributed by atoms with Crippen LogP contribution in [-0.4, -0.2) is 17.6 Å². The first-order chi connectivity index (χ1) is 10.2. The molecule has 4 nitrogen and oxygen atoms in total. The number of carbonyl (C=O) groups is 1. The zero-order chi connectivity index (χ0) is 14.8. The van der Waals surface area contributed by atoms with Crippen LogP contribution in [0.1, 0.15) is 39.8 Å². The van der Waals surface area contributed by atoms with E-state index in [1.807, 2.05) is 25.1 Å². The number of nitrogens with one attached hydrogen (secondary N) is 1. The molecule has 1 amide bonds. The lowest BCUT2D eigenvalue weighted by atomic mass is 10.1. The summed E-state index contributed by atoms with van der Waals surface area (Å²) in [5.74, 6) is 1.58. The second kappa shape index (κ2) is 5.74. The monoisotopic (exact) mass is 285 g/mol. The van der Waals surface area contributed by atoms with Gasteiger partial charge in [-0.05, 0) is 36.8 Å². The molecule has 110 valence electrons. The molecule has 0 bridgehead atoms. The first-order valence-corrected chi connectivity index (χ1v) is 7.22. The van der Waals surface area contributed by atoms with Crippen molar-refractivity contribution in [3.05, 3.63) is 59.0 Å². The molecule has 1 aliphatic carbocycles. The summed E-state index contributed by atoms with van der Waals surface area (Å²) < 4.78 is 5.33. The first kappa shape index (κ1) is 13.9. The van der Waals surface area contributed by atoms with Gasteiger partial charge >= 0.3 is 0 Å². The molecule has 2 atom stereocenters. The molecule has 3 rings (SSSR count). The smallest absolute Gasteiger partial charge is 0.287 e. The van der Waals surface area contributed by atoms with Crippen molar-refractivity contribution in [1.82, 2.24) is 5.32 Å². The fourth-order valence-corrected chi connectivity index (χ4v) is 2.74. The maximum absolute atomic E-state index is 12.1. The van der Waals surface area contributed by atoms with E-state index in [4.69, 9.17) is 9.52 Å². The van der Waals surface area contributed by atoms with Crippen LogP contribution in [0.25, 0.3) is 0 Å². The molecule has 1 aromatic carbocycles. The molecule has 0 saturated heterocycles. The molecule has 1 saturated carbocycles. The quantitative estimate of drug-likeness (QED) is 0.887. The molecule has 2 aromatic rings. The molecule has 0 spiro atoms. The number of benzene rings is 1. The van der Waals surface area contributed by atoms with E-state index in [2.05, 4.69) is 17.4 Å². The Morgan fingerprint density at radius 3 is 2.81 bits per heavy atom. The second-order valence-electron chi connectivity index (χ2n) is 5.61. The van der Waals surface area contributed by atoms with E-state index in [1.54, 1.807) is 6.07 Å². The van der Waals surface area contributed by atoms with Gasteiger partial charge in [-0.3, -0.25) is 4.79 Å². The summed E-state index contributed by atoms with van der Waals surface area (Å²) in [5, 5.41) is 11.9. The van der Waals surface area contributed by atoms with Crippen molar-refractivity contribution in [1.29, 1.82) is 0 Å². The molecule has 21 heavy (non-hydrogen) atoms. The fourth-order valence-electron chi connectivity index (χ4n) is 2.74. The first-order valence-electron chi connectivity index (χ1n) is 7.22. The maximum atomic E-state index is 12.1. The summed E-state index contributed by atoms with van der Waals surface area (Å²) >= 11 is 0. The summed E-state index contributed by atoms with van der Waals surface area (Å²) in [6.07, 6.45) is 1.11. The second-order valence-corrected chi connectivity index (χ2v) is 5.61. The van der Waals surface area contributed by atoms with Crippen LogP contribution in [0.5, 0.6) is 0 Å². The van der Waals surface area contributed by atoms with Crippen LogP contribution in [0.2, 0.25) is 0 Å². The van der Waals surface area contributed by atoms with Crippen molar-refractivity contribution in [2.75, 3.05) is 6.54 Å². The van der Waals surface area contributed by atoms with Gasteiger partial charge in [0.15, 0.2) is 5.76 Å². The summed E-state index contributed by atoms with van der Waals surface area (Å²) in [5.41, 5.74) is 2.10. The SMILES string of the molecule is Cc1cc(CO)oc1C(=O)NC[C@@H]1C[C@H]1c1ccccc1. The van der Waals surface area contributed by atoms with E-state index in [0.29, 0.717) is 29.9 Å². The Kier molecular flexibility index (Phi) is 3.80. The molecule has 1 heterocycles. The molecule has 0 aliphatic heterocycles. The van der Waals surface area contributed by atoms with Crippen LogP contribution in [0, 0.1) is 12.8 Å². The van der Waals surface area contributed by atoms with Gasteiger partial charge in [-0.2, -0.15) is 0 Å². The normalized spacial score (nSPS) is 20.3. The maximum Gasteiger partial charge on any atom is 0.287 e. The number of aliphatic hydroxyl groups is 1. The van der Waals surface area contributed by atoms with Crippen molar-refractivity contribution in [3.8, 4) is 0 Å². The Hall–Kier alpha value is -2.07. The largest absolute Gasteiger partial charge is 0.453 e. The summed E-state index contributed by atoms with van der Waals surface area (Å²) in [6, 6.07) is 12.1. The summed E-state index contributed by atoms with van der Waals surface area (Å²) in [6.45, 7) is 2.28. The minimum absolute atomic E-state index is 0.188. The highest BCUT2D eigenvalue weighted by molar-refractivity contribution is 5.92. The van der Waals surface area contributed by atoms with Gasteiger partial charge in [-0.1, -0.05) is 30.3 Å². The molecule has 4 heteroatoms. The van der Waals surface area contributed by atoms with Crippen LogP contribution in [0.4, 0.5) is 0 Å². The van der Waals surface area contributed by atoms with Gasteiger partial charge in [-0.25, -0.2) is 0 Å². The Balaban J connectivity index is 1.54. The van der Waals surface area contributed by atoms with Gasteiger partial charge in [0.05, 0.1) is 0 Å². The Morgan fingerprint density at radius 1 is 1.38 bits per heavy atom. The minimum Gasteiger partial charge on any atom is -0.453 e. The highest BCUT2D eigenvalue weighted by atomic mass is 16.4. The highest BCUT2D eigenvalue weighted by Crippen LogP contribution is 2.46. The number of furan rings is 1. The number of amides is 1. The van der Waals surface area contributed by atoms with Crippen LogP contribution >= 0.6 is 0 Å². The predicted molar refractivity (Wildman–Crippen MR) is 79.0 cm³/mol. The number of hydrogen-bond donors (Lipinski definition) is 2. The van der Waals surface area contributed by atoms with E-state index in [1.165, 1.54) is 5.56 Å². The Labute approximate surface area is 123 Å². The van der Waals surface area contributed by atoms with E-state index < -0.39 is 0 Å². The average Bonchev–Trinajstić information content (AvgIpc) is 3.20. The van der Waals surface area contributed by atoms with Gasteiger partial charge in [0, 0.05) is 12.1 Å². The van der Waals surface area contributed by atoms with Crippen molar-refractivity contribution in [2.45, 2.75) is 25.9 Å². The van der Waals surface area contributed by atoms with Gasteiger partial charge in [-0.15, -0.1) is 0 Å². The lowest BCUT2D eigenvalue weighted by Crippen LogP contribution is -2.26. The standard InChI is InChI=1S/C17H19NO3/c1-11-7-14(10-19)21-16(11)17(20)18-9-13-8-15(13)12-5-3-2-4-6-12/h2-7,13,15,19H,8-10H2,1H3,(H,18,20)/t13-,15-/m0/s1.